The van der Waals surface area contributed by atoms with Gasteiger partial charge in [0.1, 0.15) is 18.0 Å². The van der Waals surface area contributed by atoms with Crippen molar-refractivity contribution in [3.8, 4) is 5.75 Å². The van der Waals surface area contributed by atoms with Gasteiger partial charge in [-0.1, -0.05) is 48.5 Å². The lowest BCUT2D eigenvalue weighted by Gasteiger charge is -2.43. The summed E-state index contributed by atoms with van der Waals surface area (Å²) in [6.45, 7) is 7.42. The first-order chi connectivity index (χ1) is 14.4. The van der Waals surface area contributed by atoms with E-state index in [2.05, 4.69) is 18.2 Å². The van der Waals surface area contributed by atoms with Crippen molar-refractivity contribution in [1.29, 1.82) is 0 Å². The van der Waals surface area contributed by atoms with Crippen molar-refractivity contribution in [3.05, 3.63) is 71.8 Å². The molecule has 2 heterocycles. The molecule has 5 heteroatoms. The van der Waals surface area contributed by atoms with Crippen LogP contribution in [0.5, 0.6) is 5.75 Å². The van der Waals surface area contributed by atoms with Gasteiger partial charge in [-0.05, 0) is 56.0 Å². The Kier molecular flexibility index (Phi) is 5.82. The van der Waals surface area contributed by atoms with E-state index in [9.17, 15) is 4.79 Å². The maximum atomic E-state index is 12.8. The lowest BCUT2D eigenvalue weighted by molar-refractivity contribution is -0.0342. The van der Waals surface area contributed by atoms with E-state index in [-0.39, 0.29) is 30.4 Å². The molecule has 0 aromatic heterocycles. The molecule has 0 N–H and O–H groups in total. The van der Waals surface area contributed by atoms with Crippen LogP contribution in [0.25, 0.3) is 5.57 Å². The summed E-state index contributed by atoms with van der Waals surface area (Å²) in [6, 6.07) is 17.8. The number of hydrogen-bond acceptors (Lipinski definition) is 4. The van der Waals surface area contributed by atoms with E-state index in [1.807, 2.05) is 68.1 Å². The van der Waals surface area contributed by atoms with Gasteiger partial charge in [-0.15, -0.1) is 0 Å². The third-order valence-corrected chi connectivity index (χ3v) is 5.26. The van der Waals surface area contributed by atoms with E-state index in [4.69, 9.17) is 14.2 Å². The maximum Gasteiger partial charge on any atom is 0.411 e. The van der Waals surface area contributed by atoms with Gasteiger partial charge in [-0.25, -0.2) is 4.79 Å². The number of carbonyl (C=O) groups is 1. The summed E-state index contributed by atoms with van der Waals surface area (Å²) in [7, 11) is 0. The van der Waals surface area contributed by atoms with Crippen molar-refractivity contribution < 1.29 is 19.0 Å². The SMILES string of the molecule is CC(C)(C)Oc1ccc(C2=CC3COCC(C2)N3C(=O)OCc2ccccc2)cc1. The van der Waals surface area contributed by atoms with Crippen molar-refractivity contribution in [2.24, 2.45) is 0 Å². The average Bonchev–Trinajstić information content (AvgIpc) is 2.71. The molecule has 2 bridgehead atoms. The Balaban J connectivity index is 1.46. The van der Waals surface area contributed by atoms with Crippen molar-refractivity contribution in [2.75, 3.05) is 13.2 Å². The zero-order chi connectivity index (χ0) is 21.1. The largest absolute Gasteiger partial charge is 0.488 e. The Labute approximate surface area is 178 Å². The minimum Gasteiger partial charge on any atom is -0.488 e. The fourth-order valence-electron chi connectivity index (χ4n) is 3.98. The number of rotatable bonds is 4. The highest BCUT2D eigenvalue weighted by atomic mass is 16.6. The first kappa shape index (κ1) is 20.5. The van der Waals surface area contributed by atoms with E-state index in [0.29, 0.717) is 13.2 Å². The van der Waals surface area contributed by atoms with Crippen LogP contribution in [-0.4, -0.2) is 41.9 Å². The average molecular weight is 408 g/mol. The quantitative estimate of drug-likeness (QED) is 0.711. The van der Waals surface area contributed by atoms with E-state index in [1.54, 1.807) is 0 Å². The van der Waals surface area contributed by atoms with Crippen LogP contribution in [0.3, 0.4) is 0 Å². The second-order valence-corrected chi connectivity index (χ2v) is 8.84. The van der Waals surface area contributed by atoms with Crippen LogP contribution in [0.4, 0.5) is 4.79 Å². The van der Waals surface area contributed by atoms with Gasteiger partial charge in [-0.3, -0.25) is 4.90 Å². The van der Waals surface area contributed by atoms with Gasteiger partial charge >= 0.3 is 6.09 Å². The highest BCUT2D eigenvalue weighted by Crippen LogP contribution is 2.34. The fourth-order valence-corrected chi connectivity index (χ4v) is 3.98. The number of morpholine rings is 1. The van der Waals surface area contributed by atoms with Gasteiger partial charge in [-0.2, -0.15) is 0 Å². The predicted octanol–water partition coefficient (Wildman–Crippen LogP) is 5.06. The number of amides is 1. The number of ether oxygens (including phenoxy) is 3. The molecule has 1 fully saturated rings. The van der Waals surface area contributed by atoms with Crippen LogP contribution >= 0.6 is 0 Å². The molecule has 2 aliphatic heterocycles. The lowest BCUT2D eigenvalue weighted by Crippen LogP contribution is -2.56. The minimum atomic E-state index is -0.277. The number of fused-ring (bicyclic) bond motifs is 2. The summed E-state index contributed by atoms with van der Waals surface area (Å²) < 4.78 is 17.2. The molecule has 0 saturated carbocycles. The molecular weight excluding hydrogens is 378 g/mol. The molecular formula is C25H29NO4. The summed E-state index contributed by atoms with van der Waals surface area (Å²) in [5, 5.41) is 0. The van der Waals surface area contributed by atoms with Crippen LogP contribution in [0.15, 0.2) is 60.7 Å². The second-order valence-electron chi connectivity index (χ2n) is 8.84. The second kappa shape index (κ2) is 8.52. The van der Waals surface area contributed by atoms with Crippen molar-refractivity contribution in [3.63, 3.8) is 0 Å². The molecule has 1 amide bonds. The molecule has 1 saturated heterocycles. The molecule has 2 unspecified atom stereocenters. The highest BCUT2D eigenvalue weighted by molar-refractivity contribution is 5.74. The Morgan fingerprint density at radius 1 is 1.07 bits per heavy atom. The molecule has 0 spiro atoms. The number of nitrogens with zero attached hydrogens (tertiary/aromatic N) is 1. The standard InChI is InChI=1S/C25H29NO4/c1-25(2,3)30-23-11-9-19(10-12-23)20-13-21-16-28-17-22(14-20)26(21)24(27)29-15-18-7-5-4-6-8-18/h4-13,21-22H,14-17H2,1-3H3. The summed E-state index contributed by atoms with van der Waals surface area (Å²) in [5.74, 6) is 0.859. The van der Waals surface area contributed by atoms with E-state index < -0.39 is 0 Å². The predicted molar refractivity (Wildman–Crippen MR) is 116 cm³/mol. The molecule has 158 valence electrons. The van der Waals surface area contributed by atoms with E-state index in [0.717, 1.165) is 23.3 Å². The van der Waals surface area contributed by atoms with Gasteiger partial charge < -0.3 is 14.2 Å². The number of benzene rings is 2. The van der Waals surface area contributed by atoms with Crippen molar-refractivity contribution >= 4 is 11.7 Å². The Hall–Kier alpha value is -2.79. The van der Waals surface area contributed by atoms with Gasteiger partial charge in [0, 0.05) is 0 Å². The zero-order valence-electron chi connectivity index (χ0n) is 17.8. The van der Waals surface area contributed by atoms with E-state index in [1.165, 1.54) is 5.57 Å². The van der Waals surface area contributed by atoms with Crippen molar-refractivity contribution in [2.45, 2.75) is 51.5 Å². The molecule has 2 aromatic rings. The molecule has 4 rings (SSSR count). The molecule has 2 aliphatic rings. The monoisotopic (exact) mass is 407 g/mol. The molecule has 2 atom stereocenters. The fraction of sp³-hybridized carbons (Fsp3) is 0.400. The Morgan fingerprint density at radius 2 is 1.80 bits per heavy atom. The third kappa shape index (κ3) is 4.85. The summed E-state index contributed by atoms with van der Waals surface area (Å²) in [6.07, 6.45) is 2.61. The summed E-state index contributed by atoms with van der Waals surface area (Å²) in [4.78, 5) is 14.6. The molecule has 2 aromatic carbocycles. The summed E-state index contributed by atoms with van der Waals surface area (Å²) in [5.41, 5.74) is 3.16. The van der Waals surface area contributed by atoms with Crippen LogP contribution in [0.2, 0.25) is 0 Å². The Morgan fingerprint density at radius 3 is 2.47 bits per heavy atom. The van der Waals surface area contributed by atoms with Crippen molar-refractivity contribution in [1.82, 2.24) is 4.90 Å². The van der Waals surface area contributed by atoms with Crippen LogP contribution in [0, 0.1) is 0 Å². The van der Waals surface area contributed by atoms with Gasteiger partial charge in [0.15, 0.2) is 0 Å². The third-order valence-electron chi connectivity index (χ3n) is 5.26. The number of carbonyl (C=O) groups excluding carboxylic acids is 1. The molecule has 0 aliphatic carbocycles. The molecule has 30 heavy (non-hydrogen) atoms. The smallest absolute Gasteiger partial charge is 0.411 e. The van der Waals surface area contributed by atoms with Crippen LogP contribution in [0.1, 0.15) is 38.3 Å². The first-order valence-corrected chi connectivity index (χ1v) is 10.5. The van der Waals surface area contributed by atoms with Crippen LogP contribution < -0.4 is 4.74 Å². The summed E-state index contributed by atoms with van der Waals surface area (Å²) >= 11 is 0. The Bertz CT molecular complexity index is 899. The maximum absolute atomic E-state index is 12.8. The minimum absolute atomic E-state index is 0.0162. The highest BCUT2D eigenvalue weighted by Gasteiger charge is 2.39. The topological polar surface area (TPSA) is 48.0 Å². The molecule has 0 radical (unpaired) electrons. The van der Waals surface area contributed by atoms with E-state index >= 15 is 0 Å². The number of hydrogen-bond donors (Lipinski definition) is 0. The lowest BCUT2D eigenvalue weighted by atomic mass is 9.90. The van der Waals surface area contributed by atoms with Crippen LogP contribution in [-0.2, 0) is 16.1 Å². The zero-order valence-corrected chi connectivity index (χ0v) is 17.8. The van der Waals surface area contributed by atoms with Gasteiger partial charge in [0.25, 0.3) is 0 Å². The van der Waals surface area contributed by atoms with Gasteiger partial charge in [0.05, 0.1) is 25.3 Å². The first-order valence-electron chi connectivity index (χ1n) is 10.5. The molecule has 5 nitrogen and oxygen atoms in total. The normalized spacial score (nSPS) is 21.0. The van der Waals surface area contributed by atoms with Gasteiger partial charge in [0.2, 0.25) is 0 Å².